The van der Waals surface area contributed by atoms with E-state index in [4.69, 9.17) is 4.74 Å². The average molecular weight is 334 g/mol. The Morgan fingerprint density at radius 2 is 2.05 bits per heavy atom. The van der Waals surface area contributed by atoms with Gasteiger partial charge in [0, 0.05) is 10.2 Å². The van der Waals surface area contributed by atoms with E-state index < -0.39 is 0 Å². The quantitative estimate of drug-likeness (QED) is 0.919. The lowest BCUT2D eigenvalue weighted by Crippen LogP contribution is -2.14. The molecule has 0 aliphatic carbocycles. The molecule has 0 heterocycles. The van der Waals surface area contributed by atoms with Crippen LogP contribution in [0.1, 0.15) is 11.1 Å². The second kappa shape index (κ2) is 6.57. The lowest BCUT2D eigenvalue weighted by molar-refractivity contribution is -0.115. The molecule has 2 aromatic carbocycles. The zero-order chi connectivity index (χ0) is 14.5. The number of hydrogen-bond donors (Lipinski definition) is 1. The highest BCUT2D eigenvalue weighted by Gasteiger charge is 2.06. The van der Waals surface area contributed by atoms with E-state index in [1.165, 1.54) is 0 Å². The van der Waals surface area contributed by atoms with E-state index in [1.807, 2.05) is 49.4 Å². The minimum atomic E-state index is -0.0346. The Balaban J connectivity index is 2.03. The molecule has 1 amide bonds. The van der Waals surface area contributed by atoms with Crippen molar-refractivity contribution in [2.75, 3.05) is 12.4 Å². The number of amides is 1. The summed E-state index contributed by atoms with van der Waals surface area (Å²) in [4.78, 5) is 12.0. The Bertz CT molecular complexity index is 626. The van der Waals surface area contributed by atoms with Crippen LogP contribution in [0.5, 0.6) is 5.75 Å². The van der Waals surface area contributed by atoms with E-state index in [1.54, 1.807) is 7.11 Å². The Morgan fingerprint density at radius 3 is 2.70 bits per heavy atom. The smallest absolute Gasteiger partial charge is 0.228 e. The van der Waals surface area contributed by atoms with Crippen LogP contribution in [0.2, 0.25) is 0 Å². The number of carbonyl (C=O) groups is 1. The van der Waals surface area contributed by atoms with Gasteiger partial charge in [0.2, 0.25) is 5.91 Å². The van der Waals surface area contributed by atoms with Gasteiger partial charge in [-0.3, -0.25) is 4.79 Å². The number of nitrogens with one attached hydrogen (secondary N) is 1. The number of benzene rings is 2. The summed E-state index contributed by atoms with van der Waals surface area (Å²) >= 11 is 3.38. The van der Waals surface area contributed by atoms with E-state index in [9.17, 15) is 4.79 Å². The van der Waals surface area contributed by atoms with Crippen molar-refractivity contribution in [3.63, 3.8) is 0 Å². The topological polar surface area (TPSA) is 38.3 Å². The summed E-state index contributed by atoms with van der Waals surface area (Å²) in [6.07, 6.45) is 0.345. The molecular weight excluding hydrogens is 318 g/mol. The molecule has 0 saturated carbocycles. The second-order valence-electron chi connectivity index (χ2n) is 4.54. The van der Waals surface area contributed by atoms with Gasteiger partial charge in [-0.05, 0) is 42.3 Å². The summed E-state index contributed by atoms with van der Waals surface area (Å²) in [6, 6.07) is 13.3. The first-order valence-corrected chi connectivity index (χ1v) is 7.06. The summed E-state index contributed by atoms with van der Waals surface area (Å²) < 4.78 is 6.15. The molecule has 0 saturated heterocycles. The molecule has 20 heavy (non-hydrogen) atoms. The SMILES string of the molecule is COc1ccc(CC(=O)Nc2cccc(Br)c2)cc1C. The molecule has 2 rings (SSSR count). The van der Waals surface area contributed by atoms with Crippen LogP contribution >= 0.6 is 15.9 Å². The summed E-state index contributed by atoms with van der Waals surface area (Å²) in [5, 5.41) is 2.88. The van der Waals surface area contributed by atoms with Crippen molar-refractivity contribution < 1.29 is 9.53 Å². The highest BCUT2D eigenvalue weighted by molar-refractivity contribution is 9.10. The molecule has 0 radical (unpaired) electrons. The van der Waals surface area contributed by atoms with Crippen molar-refractivity contribution in [2.45, 2.75) is 13.3 Å². The van der Waals surface area contributed by atoms with Gasteiger partial charge in [0.25, 0.3) is 0 Å². The number of carbonyl (C=O) groups excluding carboxylic acids is 1. The third kappa shape index (κ3) is 3.84. The Hall–Kier alpha value is -1.81. The molecule has 0 spiro atoms. The van der Waals surface area contributed by atoms with E-state index in [-0.39, 0.29) is 5.91 Å². The van der Waals surface area contributed by atoms with Gasteiger partial charge in [-0.1, -0.05) is 34.1 Å². The van der Waals surface area contributed by atoms with Gasteiger partial charge in [-0.15, -0.1) is 0 Å². The molecule has 104 valence electrons. The van der Waals surface area contributed by atoms with Crippen LogP contribution in [0.15, 0.2) is 46.9 Å². The zero-order valence-corrected chi connectivity index (χ0v) is 13.0. The molecule has 0 atom stereocenters. The first-order chi connectivity index (χ1) is 9.58. The summed E-state index contributed by atoms with van der Waals surface area (Å²) in [5.41, 5.74) is 2.78. The molecule has 2 aromatic rings. The van der Waals surface area contributed by atoms with Crippen molar-refractivity contribution in [1.29, 1.82) is 0 Å². The van der Waals surface area contributed by atoms with Crippen LogP contribution in [0.3, 0.4) is 0 Å². The maximum Gasteiger partial charge on any atom is 0.228 e. The van der Waals surface area contributed by atoms with Crippen LogP contribution in [0.25, 0.3) is 0 Å². The van der Waals surface area contributed by atoms with Gasteiger partial charge in [0.1, 0.15) is 5.75 Å². The maximum atomic E-state index is 12.0. The highest BCUT2D eigenvalue weighted by atomic mass is 79.9. The van der Waals surface area contributed by atoms with E-state index in [2.05, 4.69) is 21.2 Å². The average Bonchev–Trinajstić information content (AvgIpc) is 2.38. The number of anilines is 1. The van der Waals surface area contributed by atoms with Gasteiger partial charge in [0.05, 0.1) is 13.5 Å². The zero-order valence-electron chi connectivity index (χ0n) is 11.4. The van der Waals surface area contributed by atoms with E-state index in [0.717, 1.165) is 27.0 Å². The standard InChI is InChI=1S/C16H16BrNO2/c1-11-8-12(6-7-15(11)20-2)9-16(19)18-14-5-3-4-13(17)10-14/h3-8,10H,9H2,1-2H3,(H,18,19). The molecular formula is C16H16BrNO2. The molecule has 1 N–H and O–H groups in total. The summed E-state index contributed by atoms with van der Waals surface area (Å²) in [5.74, 6) is 0.800. The minimum Gasteiger partial charge on any atom is -0.496 e. The third-order valence-electron chi connectivity index (χ3n) is 2.93. The fourth-order valence-electron chi connectivity index (χ4n) is 2.01. The van der Waals surface area contributed by atoms with Gasteiger partial charge >= 0.3 is 0 Å². The van der Waals surface area contributed by atoms with Crippen LogP contribution in [0.4, 0.5) is 5.69 Å². The molecule has 0 bridgehead atoms. The van der Waals surface area contributed by atoms with Crippen molar-refractivity contribution in [3.8, 4) is 5.75 Å². The number of hydrogen-bond acceptors (Lipinski definition) is 2. The third-order valence-corrected chi connectivity index (χ3v) is 3.43. The largest absolute Gasteiger partial charge is 0.496 e. The van der Waals surface area contributed by atoms with Crippen LogP contribution < -0.4 is 10.1 Å². The number of methoxy groups -OCH3 is 1. The highest BCUT2D eigenvalue weighted by Crippen LogP contribution is 2.19. The predicted molar refractivity (Wildman–Crippen MR) is 84.2 cm³/mol. The molecule has 0 fully saturated rings. The Morgan fingerprint density at radius 1 is 1.25 bits per heavy atom. The van der Waals surface area contributed by atoms with E-state index >= 15 is 0 Å². The monoisotopic (exact) mass is 333 g/mol. The normalized spacial score (nSPS) is 10.2. The Kier molecular flexibility index (Phi) is 4.79. The first kappa shape index (κ1) is 14.6. The molecule has 0 unspecified atom stereocenters. The van der Waals surface area contributed by atoms with Gasteiger partial charge in [-0.25, -0.2) is 0 Å². The van der Waals surface area contributed by atoms with Gasteiger partial charge in [0.15, 0.2) is 0 Å². The van der Waals surface area contributed by atoms with Gasteiger partial charge < -0.3 is 10.1 Å². The van der Waals surface area contributed by atoms with Crippen molar-refractivity contribution in [2.24, 2.45) is 0 Å². The number of aryl methyl sites for hydroxylation is 1. The molecule has 3 nitrogen and oxygen atoms in total. The first-order valence-electron chi connectivity index (χ1n) is 6.27. The van der Waals surface area contributed by atoms with Crippen molar-refractivity contribution in [1.82, 2.24) is 0 Å². The summed E-state index contributed by atoms with van der Waals surface area (Å²) in [6.45, 7) is 1.97. The molecule has 0 aromatic heterocycles. The molecule has 4 heteroatoms. The van der Waals surface area contributed by atoms with Crippen molar-refractivity contribution >= 4 is 27.5 Å². The number of halogens is 1. The Labute approximate surface area is 127 Å². The summed E-state index contributed by atoms with van der Waals surface area (Å²) in [7, 11) is 1.64. The fraction of sp³-hybridized carbons (Fsp3) is 0.188. The number of ether oxygens (including phenoxy) is 1. The van der Waals surface area contributed by atoms with Gasteiger partial charge in [-0.2, -0.15) is 0 Å². The van der Waals surface area contributed by atoms with Crippen LogP contribution in [-0.4, -0.2) is 13.0 Å². The lowest BCUT2D eigenvalue weighted by Gasteiger charge is -2.08. The molecule has 0 aliphatic heterocycles. The lowest BCUT2D eigenvalue weighted by atomic mass is 10.1. The second-order valence-corrected chi connectivity index (χ2v) is 5.45. The van der Waals surface area contributed by atoms with Crippen LogP contribution in [-0.2, 0) is 11.2 Å². The number of rotatable bonds is 4. The minimum absolute atomic E-state index is 0.0346. The fourth-order valence-corrected chi connectivity index (χ4v) is 2.41. The van der Waals surface area contributed by atoms with Crippen molar-refractivity contribution in [3.05, 3.63) is 58.1 Å². The maximum absolute atomic E-state index is 12.0. The van der Waals surface area contributed by atoms with E-state index in [0.29, 0.717) is 6.42 Å². The van der Waals surface area contributed by atoms with Crippen LogP contribution in [0, 0.1) is 6.92 Å². The predicted octanol–water partition coefficient (Wildman–Crippen LogP) is 3.95. The molecule has 0 aliphatic rings.